The number of carbonyl (C=O) groups excluding carboxylic acids is 1. The zero-order valence-corrected chi connectivity index (χ0v) is 15.4. The van der Waals surface area contributed by atoms with Crippen LogP contribution in [0.3, 0.4) is 0 Å². The summed E-state index contributed by atoms with van der Waals surface area (Å²) in [5, 5.41) is 9.79. The molecule has 1 heterocycles. The molecule has 1 aromatic carbocycles. The van der Waals surface area contributed by atoms with Crippen LogP contribution in [0.5, 0.6) is 5.75 Å². The first-order chi connectivity index (χ1) is 11.9. The fourth-order valence-electron chi connectivity index (χ4n) is 1.94. The number of sulfone groups is 1. The number of ether oxygens (including phenoxy) is 1. The smallest absolute Gasteiger partial charge is 0.267 e. The zero-order valence-electron chi connectivity index (χ0n) is 13.7. The second-order valence-electron chi connectivity index (χ2n) is 5.13. The van der Waals surface area contributed by atoms with Gasteiger partial charge in [0.2, 0.25) is 19.3 Å². The van der Waals surface area contributed by atoms with E-state index in [1.54, 1.807) is 19.9 Å². The number of para-hydroxylation sites is 1. The quantitative estimate of drug-likeness (QED) is 0.699. The van der Waals surface area contributed by atoms with Crippen LogP contribution in [0.1, 0.15) is 26.7 Å². The van der Waals surface area contributed by atoms with E-state index in [1.807, 2.05) is 0 Å². The molecule has 0 radical (unpaired) electrons. The standard InChI is InChI=1S/C15H18FN3O4S2/c1-3-9-25(21,22)15-19-18-14(24-15)17-13(20)11(4-2)23-12-8-6-5-7-10(12)16/h5-8,11H,3-4,9H2,1-2H3,(H,17,18,20)/t11-/m1/s1. The first kappa shape index (κ1) is 19.3. The van der Waals surface area contributed by atoms with E-state index in [-0.39, 0.29) is 21.0 Å². The van der Waals surface area contributed by atoms with Crippen LogP contribution in [-0.2, 0) is 14.6 Å². The molecule has 2 aromatic rings. The molecule has 0 unspecified atom stereocenters. The summed E-state index contributed by atoms with van der Waals surface area (Å²) < 4.78 is 42.7. The number of nitrogens with one attached hydrogen (secondary N) is 1. The maximum absolute atomic E-state index is 13.6. The van der Waals surface area contributed by atoms with Gasteiger partial charge in [-0.3, -0.25) is 10.1 Å². The third kappa shape index (κ3) is 4.95. The number of aromatic nitrogens is 2. The maximum atomic E-state index is 13.6. The normalized spacial score (nSPS) is 12.6. The summed E-state index contributed by atoms with van der Waals surface area (Å²) in [5.74, 6) is -1.20. The van der Waals surface area contributed by atoms with Crippen LogP contribution in [0.2, 0.25) is 0 Å². The fraction of sp³-hybridized carbons (Fsp3) is 0.400. The predicted molar refractivity (Wildman–Crippen MR) is 92.0 cm³/mol. The maximum Gasteiger partial charge on any atom is 0.267 e. The second kappa shape index (κ2) is 8.34. The topological polar surface area (TPSA) is 98.3 Å². The third-order valence-corrected chi connectivity index (χ3v) is 6.35. The van der Waals surface area contributed by atoms with Gasteiger partial charge in [-0.05, 0) is 25.0 Å². The minimum atomic E-state index is -3.49. The predicted octanol–water partition coefficient (Wildman–Crippen LogP) is 2.66. The van der Waals surface area contributed by atoms with Crippen LogP contribution < -0.4 is 10.1 Å². The molecule has 0 aliphatic rings. The molecule has 1 N–H and O–H groups in total. The highest BCUT2D eigenvalue weighted by atomic mass is 32.2. The molecule has 0 saturated carbocycles. The molecule has 10 heteroatoms. The highest BCUT2D eigenvalue weighted by molar-refractivity contribution is 7.93. The average Bonchev–Trinajstić information content (AvgIpc) is 3.03. The van der Waals surface area contributed by atoms with Gasteiger partial charge in [0.1, 0.15) is 0 Å². The molecule has 0 aliphatic carbocycles. The second-order valence-corrected chi connectivity index (χ2v) is 8.39. The fourth-order valence-corrected chi connectivity index (χ4v) is 4.30. The van der Waals surface area contributed by atoms with Gasteiger partial charge in [0.05, 0.1) is 5.75 Å². The van der Waals surface area contributed by atoms with Crippen molar-refractivity contribution in [2.24, 2.45) is 0 Å². The Morgan fingerprint density at radius 1 is 1.32 bits per heavy atom. The van der Waals surface area contributed by atoms with Gasteiger partial charge >= 0.3 is 0 Å². The van der Waals surface area contributed by atoms with Gasteiger partial charge in [-0.2, -0.15) is 0 Å². The van der Waals surface area contributed by atoms with Gasteiger partial charge < -0.3 is 4.74 Å². The number of benzene rings is 1. The first-order valence-corrected chi connectivity index (χ1v) is 10.1. The van der Waals surface area contributed by atoms with Crippen LogP contribution in [0.15, 0.2) is 28.6 Å². The summed E-state index contributed by atoms with van der Waals surface area (Å²) in [7, 11) is -3.49. The molecule has 136 valence electrons. The van der Waals surface area contributed by atoms with Crippen LogP contribution in [0.4, 0.5) is 9.52 Å². The van der Waals surface area contributed by atoms with Gasteiger partial charge in [-0.1, -0.05) is 37.3 Å². The molecule has 1 aromatic heterocycles. The lowest BCUT2D eigenvalue weighted by molar-refractivity contribution is -0.122. The summed E-state index contributed by atoms with van der Waals surface area (Å²) >= 11 is 0.774. The lowest BCUT2D eigenvalue weighted by Crippen LogP contribution is -2.32. The number of nitrogens with zero attached hydrogens (tertiary/aromatic N) is 2. The van der Waals surface area contributed by atoms with Gasteiger partial charge in [0.15, 0.2) is 17.7 Å². The van der Waals surface area contributed by atoms with Crippen molar-refractivity contribution in [3.8, 4) is 5.75 Å². The number of hydrogen-bond donors (Lipinski definition) is 1. The van der Waals surface area contributed by atoms with Crippen molar-refractivity contribution in [1.29, 1.82) is 0 Å². The Morgan fingerprint density at radius 3 is 2.68 bits per heavy atom. The van der Waals surface area contributed by atoms with Crippen LogP contribution in [0.25, 0.3) is 0 Å². The number of amides is 1. The highest BCUT2D eigenvalue weighted by Crippen LogP contribution is 2.23. The zero-order chi connectivity index (χ0) is 18.4. The van der Waals surface area contributed by atoms with Crippen LogP contribution in [0, 0.1) is 5.82 Å². The van der Waals surface area contributed by atoms with Crippen molar-refractivity contribution in [2.75, 3.05) is 11.1 Å². The van der Waals surface area contributed by atoms with E-state index in [0.717, 1.165) is 11.3 Å². The van der Waals surface area contributed by atoms with Crippen molar-refractivity contribution >= 4 is 32.2 Å². The summed E-state index contributed by atoms with van der Waals surface area (Å²) in [5.41, 5.74) is 0. The van der Waals surface area contributed by atoms with Gasteiger partial charge in [-0.15, -0.1) is 10.2 Å². The monoisotopic (exact) mass is 387 g/mol. The molecule has 25 heavy (non-hydrogen) atoms. The lowest BCUT2D eigenvalue weighted by Gasteiger charge is -2.16. The first-order valence-electron chi connectivity index (χ1n) is 7.65. The largest absolute Gasteiger partial charge is 0.478 e. The highest BCUT2D eigenvalue weighted by Gasteiger charge is 2.24. The summed E-state index contributed by atoms with van der Waals surface area (Å²) in [4.78, 5) is 12.3. The molecule has 0 aliphatic heterocycles. The van der Waals surface area contributed by atoms with Gasteiger partial charge in [0, 0.05) is 0 Å². The van der Waals surface area contributed by atoms with Crippen molar-refractivity contribution in [3.05, 3.63) is 30.1 Å². The number of rotatable bonds is 8. The molecule has 1 amide bonds. The summed E-state index contributed by atoms with van der Waals surface area (Å²) in [6.45, 7) is 3.45. The Labute approximate surface area is 149 Å². The Balaban J connectivity index is 2.07. The molecule has 0 saturated heterocycles. The van der Waals surface area contributed by atoms with Crippen LogP contribution in [-0.4, -0.2) is 36.4 Å². The summed E-state index contributed by atoms with van der Waals surface area (Å²) in [6, 6.07) is 5.77. The molecule has 7 nitrogen and oxygen atoms in total. The molecular formula is C15H18FN3O4S2. The van der Waals surface area contributed by atoms with E-state index in [2.05, 4.69) is 15.5 Å². The number of anilines is 1. The van der Waals surface area contributed by atoms with E-state index in [1.165, 1.54) is 18.2 Å². The molecule has 1 atom stereocenters. The van der Waals surface area contributed by atoms with Crippen LogP contribution >= 0.6 is 11.3 Å². The van der Waals surface area contributed by atoms with Gasteiger partial charge in [0.25, 0.3) is 5.91 Å². The Kier molecular flexibility index (Phi) is 6.43. The number of halogens is 1. The Bertz CT molecular complexity index is 839. The molecular weight excluding hydrogens is 369 g/mol. The van der Waals surface area contributed by atoms with E-state index in [0.29, 0.717) is 12.8 Å². The van der Waals surface area contributed by atoms with E-state index in [4.69, 9.17) is 4.74 Å². The SMILES string of the molecule is CCCS(=O)(=O)c1nnc(NC(=O)[C@@H](CC)Oc2ccccc2F)s1. The van der Waals surface area contributed by atoms with Crippen molar-refractivity contribution in [3.63, 3.8) is 0 Å². The summed E-state index contributed by atoms with van der Waals surface area (Å²) in [6.07, 6.45) is -0.200. The number of hydrogen-bond acceptors (Lipinski definition) is 7. The lowest BCUT2D eigenvalue weighted by atomic mass is 10.2. The Hall–Kier alpha value is -2.07. The minimum Gasteiger partial charge on any atom is -0.478 e. The van der Waals surface area contributed by atoms with Crippen molar-refractivity contribution in [2.45, 2.75) is 37.1 Å². The molecule has 0 fully saturated rings. The Morgan fingerprint density at radius 2 is 2.04 bits per heavy atom. The number of carbonyl (C=O) groups is 1. The minimum absolute atomic E-state index is 0.0343. The van der Waals surface area contributed by atoms with E-state index < -0.39 is 27.7 Å². The molecule has 0 bridgehead atoms. The van der Waals surface area contributed by atoms with Crippen molar-refractivity contribution < 1.29 is 22.3 Å². The molecule has 2 rings (SSSR count). The van der Waals surface area contributed by atoms with E-state index >= 15 is 0 Å². The van der Waals surface area contributed by atoms with Gasteiger partial charge in [-0.25, -0.2) is 12.8 Å². The van der Waals surface area contributed by atoms with E-state index in [9.17, 15) is 17.6 Å². The van der Waals surface area contributed by atoms with Crippen molar-refractivity contribution in [1.82, 2.24) is 10.2 Å². The molecule has 0 spiro atoms. The average molecular weight is 387 g/mol. The third-order valence-electron chi connectivity index (χ3n) is 3.14.